The van der Waals surface area contributed by atoms with Gasteiger partial charge in [0, 0.05) is 67.6 Å². The molecule has 0 bridgehead atoms. The lowest BCUT2D eigenvalue weighted by atomic mass is 10.0. The highest BCUT2D eigenvalue weighted by atomic mass is 35.5. The van der Waals surface area contributed by atoms with Crippen molar-refractivity contribution in [2.45, 2.75) is 57.3 Å². The number of nitrogens with one attached hydrogen (secondary N) is 1. The summed E-state index contributed by atoms with van der Waals surface area (Å²) in [6.07, 6.45) is 7.68. The van der Waals surface area contributed by atoms with Gasteiger partial charge in [0.2, 0.25) is 11.8 Å². The first-order valence-corrected chi connectivity index (χ1v) is 17.0. The van der Waals surface area contributed by atoms with E-state index in [0.29, 0.717) is 28.4 Å². The van der Waals surface area contributed by atoms with Crippen LogP contribution >= 0.6 is 23.2 Å². The smallest absolute Gasteiger partial charge is 0.258 e. The van der Waals surface area contributed by atoms with Gasteiger partial charge in [-0.3, -0.25) is 29.3 Å². The number of halogens is 4. The second-order valence-electron chi connectivity index (χ2n) is 12.8. The van der Waals surface area contributed by atoms with E-state index >= 15 is 4.39 Å². The third kappa shape index (κ3) is 6.77. The fourth-order valence-corrected chi connectivity index (χ4v) is 7.45. The second-order valence-corrected chi connectivity index (χ2v) is 13.5. The van der Waals surface area contributed by atoms with Crippen molar-refractivity contribution in [2.75, 3.05) is 25.4 Å². The summed E-state index contributed by atoms with van der Waals surface area (Å²) in [5.41, 5.74) is 9.46. The average molecular weight is 725 g/mol. The van der Waals surface area contributed by atoms with Gasteiger partial charge in [-0.25, -0.2) is 13.8 Å². The molecule has 1 atom stereocenters. The average Bonchev–Trinajstić information content (AvgIpc) is 3.71. The zero-order valence-corrected chi connectivity index (χ0v) is 28.3. The van der Waals surface area contributed by atoms with Crippen LogP contribution in [0.5, 0.6) is 5.75 Å². The normalized spacial score (nSPS) is 18.4. The van der Waals surface area contributed by atoms with E-state index in [9.17, 15) is 18.8 Å². The van der Waals surface area contributed by atoms with Crippen LogP contribution in [0.4, 0.5) is 14.6 Å². The molecule has 2 aromatic heterocycles. The number of carbonyl (C=O) groups is 3. The fourth-order valence-electron chi connectivity index (χ4n) is 6.89. The zero-order valence-electron chi connectivity index (χ0n) is 26.8. The van der Waals surface area contributed by atoms with Crippen LogP contribution in [-0.2, 0) is 29.1 Å². The van der Waals surface area contributed by atoms with Gasteiger partial charge in [0.15, 0.2) is 11.6 Å². The molecule has 2 fully saturated rings. The van der Waals surface area contributed by atoms with Gasteiger partial charge >= 0.3 is 0 Å². The molecule has 0 aliphatic carbocycles. The highest BCUT2D eigenvalue weighted by Crippen LogP contribution is 2.33. The predicted octanol–water partition coefficient (Wildman–Crippen LogP) is 5.33. The highest BCUT2D eigenvalue weighted by molar-refractivity contribution is 6.36. The molecule has 0 unspecified atom stereocenters. The van der Waals surface area contributed by atoms with Crippen molar-refractivity contribution in [1.82, 2.24) is 29.9 Å². The number of aromatic nitrogens is 3. The van der Waals surface area contributed by atoms with E-state index in [1.54, 1.807) is 18.5 Å². The van der Waals surface area contributed by atoms with E-state index < -0.39 is 29.5 Å². The van der Waals surface area contributed by atoms with Gasteiger partial charge in [0.1, 0.15) is 17.7 Å². The van der Waals surface area contributed by atoms with E-state index in [4.69, 9.17) is 33.7 Å². The van der Waals surface area contributed by atoms with Crippen LogP contribution in [-0.4, -0.2) is 68.0 Å². The molecule has 3 aliphatic rings. The predicted molar refractivity (Wildman–Crippen MR) is 181 cm³/mol. The van der Waals surface area contributed by atoms with Gasteiger partial charge in [-0.2, -0.15) is 5.10 Å². The maximum Gasteiger partial charge on any atom is 0.258 e. The van der Waals surface area contributed by atoms with Crippen molar-refractivity contribution in [3.05, 3.63) is 92.9 Å². The van der Waals surface area contributed by atoms with Crippen LogP contribution in [0.25, 0.3) is 11.1 Å². The SMILES string of the molecule is Nc1ncc(-c2cnn(C3CCN(Cc4cc(F)c5c(c4)CN([C@@H]4CCC(=O)NC4=O)C5=O)CC3)c2)cc1OCCc1c(Cl)ccc(F)c1Cl. The maximum absolute atomic E-state index is 15.2. The molecule has 50 heavy (non-hydrogen) atoms. The minimum absolute atomic E-state index is 0.000302. The Hall–Kier alpha value is -4.59. The molecule has 3 aliphatic heterocycles. The van der Waals surface area contributed by atoms with Crippen molar-refractivity contribution in [2.24, 2.45) is 0 Å². The van der Waals surface area contributed by atoms with E-state index in [-0.39, 0.29) is 60.8 Å². The van der Waals surface area contributed by atoms with Crippen LogP contribution in [0, 0.1) is 11.6 Å². The van der Waals surface area contributed by atoms with Gasteiger partial charge in [-0.1, -0.05) is 29.3 Å². The Kier molecular flexibility index (Phi) is 9.46. The van der Waals surface area contributed by atoms with Gasteiger partial charge < -0.3 is 15.4 Å². The van der Waals surface area contributed by atoms with E-state index in [1.165, 1.54) is 23.1 Å². The van der Waals surface area contributed by atoms with Crippen molar-refractivity contribution in [3.63, 3.8) is 0 Å². The molecule has 15 heteroatoms. The number of rotatable bonds is 9. The van der Waals surface area contributed by atoms with E-state index in [1.807, 2.05) is 16.9 Å². The topological polar surface area (TPSA) is 136 Å². The van der Waals surface area contributed by atoms with Gasteiger partial charge in [0.25, 0.3) is 5.91 Å². The number of hydrogen-bond acceptors (Lipinski definition) is 8. The van der Waals surface area contributed by atoms with Crippen molar-refractivity contribution < 1.29 is 27.9 Å². The number of fused-ring (bicyclic) bond motifs is 1. The third-order valence-electron chi connectivity index (χ3n) is 9.54. The number of pyridine rings is 1. The quantitative estimate of drug-likeness (QED) is 0.175. The van der Waals surface area contributed by atoms with Crippen molar-refractivity contribution >= 4 is 46.7 Å². The molecular formula is C35H33Cl2F2N7O4. The van der Waals surface area contributed by atoms with Gasteiger partial charge in [-0.05, 0) is 60.2 Å². The minimum Gasteiger partial charge on any atom is -0.489 e. The monoisotopic (exact) mass is 723 g/mol. The van der Waals surface area contributed by atoms with Crippen molar-refractivity contribution in [1.29, 1.82) is 0 Å². The van der Waals surface area contributed by atoms with Crippen LogP contribution in [0.2, 0.25) is 10.0 Å². The summed E-state index contributed by atoms with van der Waals surface area (Å²) in [7, 11) is 0. The molecule has 0 spiro atoms. The number of nitrogens with zero attached hydrogens (tertiary/aromatic N) is 5. The minimum atomic E-state index is -0.790. The Morgan fingerprint density at radius 1 is 1.00 bits per heavy atom. The molecule has 3 N–H and O–H groups in total. The molecule has 7 rings (SSSR count). The number of anilines is 1. The number of amides is 3. The molecule has 11 nitrogen and oxygen atoms in total. The third-order valence-corrected chi connectivity index (χ3v) is 10.3. The first kappa shape index (κ1) is 33.9. The van der Waals surface area contributed by atoms with Crippen LogP contribution in [0.3, 0.4) is 0 Å². The Morgan fingerprint density at radius 2 is 1.80 bits per heavy atom. The number of piperidine rings is 2. The molecule has 3 amide bonds. The molecule has 0 saturated carbocycles. The number of likely N-dealkylation sites (tertiary alicyclic amines) is 1. The Morgan fingerprint density at radius 3 is 2.58 bits per heavy atom. The lowest BCUT2D eigenvalue weighted by Crippen LogP contribution is -2.52. The number of benzene rings is 2. The Labute approximate surface area is 296 Å². The molecular weight excluding hydrogens is 691 g/mol. The summed E-state index contributed by atoms with van der Waals surface area (Å²) >= 11 is 12.3. The first-order chi connectivity index (χ1) is 24.0. The summed E-state index contributed by atoms with van der Waals surface area (Å²) < 4.78 is 36.9. The van der Waals surface area contributed by atoms with Crippen LogP contribution in [0.1, 0.15) is 58.8 Å². The number of nitrogens with two attached hydrogens (primary N) is 1. The molecule has 4 aromatic rings. The van der Waals surface area contributed by atoms with Crippen LogP contribution in [0.15, 0.2) is 48.9 Å². The first-order valence-electron chi connectivity index (χ1n) is 16.3. The van der Waals surface area contributed by atoms with Crippen LogP contribution < -0.4 is 15.8 Å². The summed E-state index contributed by atoms with van der Waals surface area (Å²) in [5.74, 6) is -1.96. The largest absolute Gasteiger partial charge is 0.489 e. The lowest BCUT2D eigenvalue weighted by molar-refractivity contribution is -0.136. The fraction of sp³-hybridized carbons (Fsp3) is 0.343. The van der Waals surface area contributed by atoms with E-state index in [2.05, 4.69) is 20.3 Å². The summed E-state index contributed by atoms with van der Waals surface area (Å²) in [6, 6.07) is 7.08. The summed E-state index contributed by atoms with van der Waals surface area (Å²) in [5, 5.41) is 7.21. The van der Waals surface area contributed by atoms with E-state index in [0.717, 1.165) is 42.6 Å². The maximum atomic E-state index is 15.2. The Balaban J connectivity index is 0.947. The van der Waals surface area contributed by atoms with Gasteiger partial charge in [-0.15, -0.1) is 0 Å². The summed E-state index contributed by atoms with van der Waals surface area (Å²) in [4.78, 5) is 44.9. The highest BCUT2D eigenvalue weighted by Gasteiger charge is 2.40. The summed E-state index contributed by atoms with van der Waals surface area (Å²) in [6.45, 7) is 2.34. The number of ether oxygens (including phenoxy) is 1. The number of nitrogen functional groups attached to an aromatic ring is 1. The number of carbonyl (C=O) groups excluding carboxylic acids is 3. The second kappa shape index (κ2) is 14.0. The molecule has 5 heterocycles. The number of imide groups is 1. The zero-order chi connectivity index (χ0) is 35.1. The lowest BCUT2D eigenvalue weighted by Gasteiger charge is -2.32. The standard InChI is InChI=1S/C35H33Cl2F2N7O4/c36-25-1-2-26(38)32(37)24(25)7-10-50-29-13-20(14-41-33(29)40)22-15-42-46(18-22)23-5-8-44(9-6-23)16-19-11-21-17-45(35(49)31(21)27(39)12-19)28-3-4-30(47)43-34(28)48/h1-2,11-15,18,23,28H,3-10,16-17H2,(H2,40,41)(H,43,47,48)/t28-/m1/s1. The molecule has 2 aromatic carbocycles. The van der Waals surface area contributed by atoms with Gasteiger partial charge in [0.05, 0.1) is 29.4 Å². The number of hydrogen-bond donors (Lipinski definition) is 2. The molecule has 0 radical (unpaired) electrons. The Bertz CT molecular complexity index is 2000. The molecule has 260 valence electrons. The molecule has 2 saturated heterocycles. The van der Waals surface area contributed by atoms with Crippen molar-refractivity contribution in [3.8, 4) is 16.9 Å².